The maximum absolute atomic E-state index is 12.5. The summed E-state index contributed by atoms with van der Waals surface area (Å²) in [5, 5.41) is 5.06. The Bertz CT molecular complexity index is 842. The molecular weight excluding hydrogens is 319 g/mol. The van der Waals surface area contributed by atoms with E-state index in [1.807, 2.05) is 54.1 Å². The summed E-state index contributed by atoms with van der Waals surface area (Å²) in [5.74, 6) is -0.124. The molecule has 3 aromatic rings. The van der Waals surface area contributed by atoms with Crippen molar-refractivity contribution in [2.75, 3.05) is 5.32 Å². The van der Waals surface area contributed by atoms with Crippen molar-refractivity contribution in [3.05, 3.63) is 64.8 Å². The van der Waals surface area contributed by atoms with E-state index in [2.05, 4.69) is 5.32 Å². The van der Waals surface area contributed by atoms with Crippen LogP contribution in [0.25, 0.3) is 10.9 Å². The Hall–Kier alpha value is -1.97. The average Bonchev–Trinajstić information content (AvgIpc) is 2.91. The molecule has 0 saturated heterocycles. The van der Waals surface area contributed by atoms with Crippen molar-refractivity contribution < 1.29 is 4.79 Å². The van der Waals surface area contributed by atoms with Gasteiger partial charge >= 0.3 is 0 Å². The first kappa shape index (κ1) is 14.9. The standard InChI is InChI=1S/C17H14Cl2N2O/c1-11(17(22)20-15-5-3-2-4-14(15)19)21-9-8-12-10-13(18)6-7-16(12)21/h2-11H,1H3,(H,20,22). The molecule has 0 aliphatic carbocycles. The summed E-state index contributed by atoms with van der Waals surface area (Å²) in [5.41, 5.74) is 1.58. The largest absolute Gasteiger partial charge is 0.335 e. The summed E-state index contributed by atoms with van der Waals surface area (Å²) < 4.78 is 1.91. The van der Waals surface area contributed by atoms with Gasteiger partial charge in [0.2, 0.25) is 5.91 Å². The van der Waals surface area contributed by atoms with Crippen molar-refractivity contribution in [1.82, 2.24) is 4.57 Å². The molecule has 0 aliphatic heterocycles. The normalized spacial score (nSPS) is 12.3. The Kier molecular flexibility index (Phi) is 4.10. The third-order valence-electron chi connectivity index (χ3n) is 3.61. The maximum Gasteiger partial charge on any atom is 0.247 e. The number of anilines is 1. The second-order valence-electron chi connectivity index (χ2n) is 5.07. The Balaban J connectivity index is 1.87. The van der Waals surface area contributed by atoms with E-state index in [-0.39, 0.29) is 11.9 Å². The zero-order valence-corrected chi connectivity index (χ0v) is 13.4. The molecule has 3 nitrogen and oxygen atoms in total. The highest BCUT2D eigenvalue weighted by molar-refractivity contribution is 6.33. The van der Waals surface area contributed by atoms with Gasteiger partial charge in [-0.2, -0.15) is 0 Å². The molecule has 1 amide bonds. The van der Waals surface area contributed by atoms with Crippen molar-refractivity contribution in [2.45, 2.75) is 13.0 Å². The van der Waals surface area contributed by atoms with Crippen LogP contribution in [-0.4, -0.2) is 10.5 Å². The molecule has 1 atom stereocenters. The average molecular weight is 333 g/mol. The van der Waals surface area contributed by atoms with Gasteiger partial charge in [0.15, 0.2) is 0 Å². The second kappa shape index (κ2) is 6.03. The molecule has 1 aromatic heterocycles. The predicted molar refractivity (Wildman–Crippen MR) is 91.7 cm³/mol. The molecule has 5 heteroatoms. The van der Waals surface area contributed by atoms with E-state index in [0.29, 0.717) is 15.7 Å². The molecule has 0 spiro atoms. The lowest BCUT2D eigenvalue weighted by Gasteiger charge is -2.16. The highest BCUT2D eigenvalue weighted by Gasteiger charge is 2.17. The number of amides is 1. The lowest BCUT2D eigenvalue weighted by molar-refractivity contribution is -0.118. The monoisotopic (exact) mass is 332 g/mol. The molecule has 0 saturated carbocycles. The first-order chi connectivity index (χ1) is 10.6. The van der Waals surface area contributed by atoms with Crippen LogP contribution in [0.5, 0.6) is 0 Å². The maximum atomic E-state index is 12.5. The number of benzene rings is 2. The second-order valence-corrected chi connectivity index (χ2v) is 5.91. The zero-order chi connectivity index (χ0) is 15.7. The van der Waals surface area contributed by atoms with Gasteiger partial charge in [-0.05, 0) is 43.3 Å². The van der Waals surface area contributed by atoms with Crippen LogP contribution in [0.4, 0.5) is 5.69 Å². The van der Waals surface area contributed by atoms with Gasteiger partial charge in [0.05, 0.1) is 10.7 Å². The van der Waals surface area contributed by atoms with Crippen LogP contribution in [0.2, 0.25) is 10.0 Å². The van der Waals surface area contributed by atoms with E-state index in [0.717, 1.165) is 10.9 Å². The highest BCUT2D eigenvalue weighted by atomic mass is 35.5. The van der Waals surface area contributed by atoms with Crippen molar-refractivity contribution in [3.63, 3.8) is 0 Å². The predicted octanol–water partition coefficient (Wildman–Crippen LogP) is 5.15. The SMILES string of the molecule is CC(C(=O)Nc1ccccc1Cl)n1ccc2cc(Cl)ccc21. The summed E-state index contributed by atoms with van der Waals surface area (Å²) in [6, 6.07) is 14.4. The number of fused-ring (bicyclic) bond motifs is 1. The van der Waals surface area contributed by atoms with E-state index < -0.39 is 0 Å². The topological polar surface area (TPSA) is 34.0 Å². The molecular formula is C17H14Cl2N2O. The van der Waals surface area contributed by atoms with Gasteiger partial charge in [0.1, 0.15) is 6.04 Å². The lowest BCUT2D eigenvalue weighted by atomic mass is 10.2. The number of hydrogen-bond donors (Lipinski definition) is 1. The van der Waals surface area contributed by atoms with Crippen LogP contribution in [0.15, 0.2) is 54.7 Å². The van der Waals surface area contributed by atoms with Gasteiger partial charge in [-0.3, -0.25) is 4.79 Å². The quantitative estimate of drug-likeness (QED) is 0.707. The number of halogens is 2. The number of aromatic nitrogens is 1. The van der Waals surface area contributed by atoms with Crippen LogP contribution >= 0.6 is 23.2 Å². The van der Waals surface area contributed by atoms with E-state index in [4.69, 9.17) is 23.2 Å². The lowest BCUT2D eigenvalue weighted by Crippen LogP contribution is -2.23. The fourth-order valence-corrected chi connectivity index (χ4v) is 2.76. The third kappa shape index (κ3) is 2.82. The number of carbonyl (C=O) groups excluding carboxylic acids is 1. The van der Waals surface area contributed by atoms with E-state index in [1.54, 1.807) is 12.1 Å². The summed E-state index contributed by atoms with van der Waals surface area (Å²) >= 11 is 12.1. The number of nitrogens with zero attached hydrogens (tertiary/aromatic N) is 1. The molecule has 0 bridgehead atoms. The van der Waals surface area contributed by atoms with Crippen LogP contribution in [0, 0.1) is 0 Å². The van der Waals surface area contributed by atoms with Gasteiger partial charge < -0.3 is 9.88 Å². The van der Waals surface area contributed by atoms with Crippen molar-refractivity contribution in [1.29, 1.82) is 0 Å². The van der Waals surface area contributed by atoms with E-state index in [1.165, 1.54) is 0 Å². The first-order valence-corrected chi connectivity index (χ1v) is 7.63. The molecule has 2 aromatic carbocycles. The smallest absolute Gasteiger partial charge is 0.247 e. The van der Waals surface area contributed by atoms with E-state index >= 15 is 0 Å². The summed E-state index contributed by atoms with van der Waals surface area (Å²) in [6.45, 7) is 1.85. The van der Waals surface area contributed by atoms with Crippen LogP contribution < -0.4 is 5.32 Å². The number of rotatable bonds is 3. The zero-order valence-electron chi connectivity index (χ0n) is 11.9. The molecule has 112 valence electrons. The molecule has 1 unspecified atom stereocenters. The number of nitrogens with one attached hydrogen (secondary N) is 1. The molecule has 3 rings (SSSR count). The summed E-state index contributed by atoms with van der Waals surface area (Å²) in [7, 11) is 0. The van der Waals surface area contributed by atoms with Gasteiger partial charge in [-0.1, -0.05) is 35.3 Å². The van der Waals surface area contributed by atoms with Crippen molar-refractivity contribution >= 4 is 45.7 Å². The molecule has 0 aliphatic rings. The van der Waals surface area contributed by atoms with Crippen molar-refractivity contribution in [2.24, 2.45) is 0 Å². The highest BCUT2D eigenvalue weighted by Crippen LogP contribution is 2.25. The van der Waals surface area contributed by atoms with Gasteiger partial charge in [0.25, 0.3) is 0 Å². The minimum atomic E-state index is -0.366. The number of para-hydroxylation sites is 1. The Morgan fingerprint density at radius 2 is 1.91 bits per heavy atom. The minimum absolute atomic E-state index is 0.124. The van der Waals surface area contributed by atoms with Gasteiger partial charge in [-0.15, -0.1) is 0 Å². The first-order valence-electron chi connectivity index (χ1n) is 6.88. The third-order valence-corrected chi connectivity index (χ3v) is 4.18. The molecule has 1 N–H and O–H groups in total. The van der Waals surface area contributed by atoms with Crippen LogP contribution in [0.3, 0.4) is 0 Å². The minimum Gasteiger partial charge on any atom is -0.335 e. The molecule has 0 radical (unpaired) electrons. The Morgan fingerprint density at radius 3 is 2.68 bits per heavy atom. The summed E-state index contributed by atoms with van der Waals surface area (Å²) in [6.07, 6.45) is 1.89. The van der Waals surface area contributed by atoms with Crippen LogP contribution in [0.1, 0.15) is 13.0 Å². The van der Waals surface area contributed by atoms with Gasteiger partial charge in [0, 0.05) is 22.1 Å². The fourth-order valence-electron chi connectivity index (χ4n) is 2.40. The van der Waals surface area contributed by atoms with Crippen LogP contribution in [-0.2, 0) is 4.79 Å². The van der Waals surface area contributed by atoms with E-state index in [9.17, 15) is 4.79 Å². The fraction of sp³-hybridized carbons (Fsp3) is 0.118. The van der Waals surface area contributed by atoms with Crippen molar-refractivity contribution in [3.8, 4) is 0 Å². The Morgan fingerprint density at radius 1 is 1.14 bits per heavy atom. The number of hydrogen-bond acceptors (Lipinski definition) is 1. The molecule has 0 fully saturated rings. The van der Waals surface area contributed by atoms with Gasteiger partial charge in [-0.25, -0.2) is 0 Å². The molecule has 22 heavy (non-hydrogen) atoms. The molecule has 1 heterocycles. The Labute approximate surface area is 138 Å². The number of carbonyl (C=O) groups is 1. The summed E-state index contributed by atoms with van der Waals surface area (Å²) in [4.78, 5) is 12.5.